The van der Waals surface area contributed by atoms with Crippen molar-refractivity contribution >= 4 is 39.6 Å². The number of nitrogens with one attached hydrogen (secondary N) is 1. The summed E-state index contributed by atoms with van der Waals surface area (Å²) in [6.45, 7) is 1.94. The van der Waals surface area contributed by atoms with Crippen LogP contribution in [-0.4, -0.2) is 26.0 Å². The van der Waals surface area contributed by atoms with Crippen LogP contribution in [0.4, 0.5) is 15.8 Å². The summed E-state index contributed by atoms with van der Waals surface area (Å²) in [7, 11) is 1.64. The molecule has 0 aliphatic rings. The van der Waals surface area contributed by atoms with Gasteiger partial charge in [-0.25, -0.2) is 9.37 Å². The van der Waals surface area contributed by atoms with Gasteiger partial charge in [0, 0.05) is 24.1 Å². The van der Waals surface area contributed by atoms with E-state index < -0.39 is 0 Å². The molecule has 0 radical (unpaired) electrons. The molecule has 0 fully saturated rings. The molecule has 33 heavy (non-hydrogen) atoms. The first-order valence-corrected chi connectivity index (χ1v) is 11.2. The van der Waals surface area contributed by atoms with Gasteiger partial charge in [0.15, 0.2) is 5.65 Å². The molecule has 9 heteroatoms. The van der Waals surface area contributed by atoms with Crippen LogP contribution in [0.25, 0.3) is 11.3 Å². The van der Waals surface area contributed by atoms with E-state index >= 15 is 0 Å². The first-order valence-electron chi connectivity index (χ1n) is 10.1. The number of rotatable bonds is 6. The highest BCUT2D eigenvalue weighted by Crippen LogP contribution is 2.33. The van der Waals surface area contributed by atoms with Crippen LogP contribution in [0.1, 0.15) is 5.69 Å². The smallest absolute Gasteiger partial charge is 0.252 e. The van der Waals surface area contributed by atoms with Gasteiger partial charge in [-0.15, -0.1) is 0 Å². The number of anilines is 2. The zero-order valence-electron chi connectivity index (χ0n) is 17.8. The Hall–Kier alpha value is -3.60. The van der Waals surface area contributed by atoms with Crippen LogP contribution in [0.15, 0.2) is 73.3 Å². The Morgan fingerprint density at radius 1 is 1.09 bits per heavy atom. The SMILES string of the molecule is COc1cc(Nc2cccn3c(I)c(Oc4ccc(F)cc4)nc23)ccc1-n1cnc(C)c1. The predicted molar refractivity (Wildman–Crippen MR) is 133 cm³/mol. The minimum Gasteiger partial charge on any atom is -0.494 e. The van der Waals surface area contributed by atoms with Gasteiger partial charge in [-0.1, -0.05) is 0 Å². The highest BCUT2D eigenvalue weighted by molar-refractivity contribution is 14.1. The molecule has 166 valence electrons. The van der Waals surface area contributed by atoms with E-state index in [1.807, 2.05) is 58.6 Å². The Morgan fingerprint density at radius 3 is 2.64 bits per heavy atom. The first kappa shape index (κ1) is 21.3. The lowest BCUT2D eigenvalue weighted by Gasteiger charge is -2.13. The number of nitrogens with zero attached hydrogens (tertiary/aromatic N) is 4. The average molecular weight is 555 g/mol. The standard InChI is InChI=1S/C24H19FIN5O2/c1-15-13-30(14-27-15)20-10-7-17(12-21(20)32-2)28-19-4-3-11-31-22(26)24(29-23(19)31)33-18-8-5-16(25)6-9-18/h3-14,28H,1-2H3. The minimum absolute atomic E-state index is 0.317. The predicted octanol–water partition coefficient (Wildman–Crippen LogP) is 6.12. The number of imidazole rings is 2. The number of ether oxygens (including phenoxy) is 2. The lowest BCUT2D eigenvalue weighted by molar-refractivity contribution is 0.413. The van der Waals surface area contributed by atoms with Crippen molar-refractivity contribution in [2.75, 3.05) is 12.4 Å². The van der Waals surface area contributed by atoms with E-state index in [1.54, 1.807) is 25.6 Å². The first-order chi connectivity index (χ1) is 16.0. The van der Waals surface area contributed by atoms with E-state index in [4.69, 9.17) is 9.47 Å². The van der Waals surface area contributed by atoms with Gasteiger partial charge < -0.3 is 19.4 Å². The molecule has 2 aromatic carbocycles. The van der Waals surface area contributed by atoms with Crippen LogP contribution < -0.4 is 14.8 Å². The number of methoxy groups -OCH3 is 1. The summed E-state index contributed by atoms with van der Waals surface area (Å²) in [6, 6.07) is 15.6. The summed E-state index contributed by atoms with van der Waals surface area (Å²) in [5.41, 5.74) is 4.18. The Kier molecular flexibility index (Phi) is 5.63. The van der Waals surface area contributed by atoms with Crippen LogP contribution in [0, 0.1) is 16.4 Å². The summed E-state index contributed by atoms with van der Waals surface area (Å²) < 4.78 is 29.4. The number of pyridine rings is 1. The van der Waals surface area contributed by atoms with Gasteiger partial charge in [-0.2, -0.15) is 4.98 Å². The van der Waals surface area contributed by atoms with E-state index in [9.17, 15) is 4.39 Å². The second-order valence-electron chi connectivity index (χ2n) is 7.31. The maximum absolute atomic E-state index is 13.2. The molecular weight excluding hydrogens is 536 g/mol. The molecule has 0 amide bonds. The molecule has 0 saturated carbocycles. The fraction of sp³-hybridized carbons (Fsp3) is 0.0833. The van der Waals surface area contributed by atoms with Crippen LogP contribution >= 0.6 is 22.6 Å². The molecule has 3 aromatic heterocycles. The van der Waals surface area contributed by atoms with Gasteiger partial charge in [-0.05, 0) is 78.0 Å². The van der Waals surface area contributed by atoms with Gasteiger partial charge in [0.25, 0.3) is 5.88 Å². The zero-order valence-corrected chi connectivity index (χ0v) is 19.9. The van der Waals surface area contributed by atoms with Gasteiger partial charge in [0.1, 0.15) is 21.0 Å². The van der Waals surface area contributed by atoms with E-state index in [0.717, 1.165) is 26.5 Å². The Bertz CT molecular complexity index is 1450. The quantitative estimate of drug-likeness (QED) is 0.256. The van der Waals surface area contributed by atoms with Crippen molar-refractivity contribution in [3.63, 3.8) is 0 Å². The lowest BCUT2D eigenvalue weighted by Crippen LogP contribution is -1.99. The van der Waals surface area contributed by atoms with Crippen molar-refractivity contribution < 1.29 is 13.9 Å². The topological polar surface area (TPSA) is 65.6 Å². The maximum Gasteiger partial charge on any atom is 0.252 e. The molecule has 5 rings (SSSR count). The van der Waals surface area contributed by atoms with Crippen molar-refractivity contribution in [1.82, 2.24) is 18.9 Å². The Morgan fingerprint density at radius 2 is 1.91 bits per heavy atom. The number of benzene rings is 2. The van der Waals surface area contributed by atoms with Crippen molar-refractivity contribution in [3.05, 3.63) is 88.5 Å². The van der Waals surface area contributed by atoms with Gasteiger partial charge in [-0.3, -0.25) is 4.40 Å². The second kappa shape index (κ2) is 8.74. The summed E-state index contributed by atoms with van der Waals surface area (Å²) in [5, 5.41) is 3.42. The molecule has 0 aliphatic heterocycles. The molecule has 0 aliphatic carbocycles. The molecule has 3 heterocycles. The third-order valence-electron chi connectivity index (χ3n) is 5.04. The molecule has 1 N–H and O–H groups in total. The van der Waals surface area contributed by atoms with Gasteiger partial charge in [0.05, 0.1) is 30.5 Å². The molecule has 0 atom stereocenters. The third kappa shape index (κ3) is 4.23. The molecule has 0 unspecified atom stereocenters. The monoisotopic (exact) mass is 555 g/mol. The molecule has 7 nitrogen and oxygen atoms in total. The molecule has 0 bridgehead atoms. The zero-order chi connectivity index (χ0) is 22.9. The second-order valence-corrected chi connectivity index (χ2v) is 8.33. The maximum atomic E-state index is 13.2. The third-order valence-corrected chi connectivity index (χ3v) is 6.02. The van der Waals surface area contributed by atoms with Crippen LogP contribution in [0.3, 0.4) is 0 Å². The number of hydrogen-bond donors (Lipinski definition) is 1. The van der Waals surface area contributed by atoms with E-state index in [1.165, 1.54) is 12.1 Å². The van der Waals surface area contributed by atoms with Crippen LogP contribution in [0.5, 0.6) is 17.4 Å². The number of aromatic nitrogens is 4. The number of fused-ring (bicyclic) bond motifs is 1. The van der Waals surface area contributed by atoms with Crippen LogP contribution in [0.2, 0.25) is 0 Å². The number of hydrogen-bond acceptors (Lipinski definition) is 5. The number of halogens is 2. The lowest BCUT2D eigenvalue weighted by atomic mass is 10.2. The number of aryl methyl sites for hydroxylation is 1. The normalized spacial score (nSPS) is 11.0. The minimum atomic E-state index is -0.317. The average Bonchev–Trinajstić information content (AvgIpc) is 3.39. The van der Waals surface area contributed by atoms with Gasteiger partial charge in [0.2, 0.25) is 0 Å². The van der Waals surface area contributed by atoms with Crippen molar-refractivity contribution in [2.45, 2.75) is 6.92 Å². The van der Waals surface area contributed by atoms with Crippen molar-refractivity contribution in [2.24, 2.45) is 0 Å². The van der Waals surface area contributed by atoms with Gasteiger partial charge >= 0.3 is 0 Å². The van der Waals surface area contributed by atoms with Crippen molar-refractivity contribution in [3.8, 4) is 23.1 Å². The summed E-state index contributed by atoms with van der Waals surface area (Å²) in [6.07, 6.45) is 5.62. The summed E-state index contributed by atoms with van der Waals surface area (Å²) >= 11 is 2.18. The van der Waals surface area contributed by atoms with E-state index in [2.05, 4.69) is 37.9 Å². The fourth-order valence-corrected chi connectivity index (χ4v) is 4.09. The van der Waals surface area contributed by atoms with E-state index in [0.29, 0.717) is 23.0 Å². The highest BCUT2D eigenvalue weighted by atomic mass is 127. The fourth-order valence-electron chi connectivity index (χ4n) is 3.47. The molecular formula is C24H19FIN5O2. The summed E-state index contributed by atoms with van der Waals surface area (Å²) in [5.74, 6) is 1.35. The molecule has 0 saturated heterocycles. The highest BCUT2D eigenvalue weighted by Gasteiger charge is 2.15. The molecule has 0 spiro atoms. The summed E-state index contributed by atoms with van der Waals surface area (Å²) in [4.78, 5) is 8.96. The Labute approximate surface area is 203 Å². The van der Waals surface area contributed by atoms with E-state index in [-0.39, 0.29) is 5.82 Å². The van der Waals surface area contributed by atoms with Crippen molar-refractivity contribution in [1.29, 1.82) is 0 Å². The van der Waals surface area contributed by atoms with Crippen LogP contribution in [-0.2, 0) is 0 Å². The molecule has 5 aromatic rings. The largest absolute Gasteiger partial charge is 0.494 e. The Balaban J connectivity index is 1.47.